The van der Waals surface area contributed by atoms with Crippen molar-refractivity contribution in [3.8, 4) is 5.69 Å². The molecular weight excluding hydrogens is 432 g/mol. The average molecular weight is 463 g/mol. The Balaban J connectivity index is 1.39. The van der Waals surface area contributed by atoms with Crippen molar-refractivity contribution in [1.29, 1.82) is 0 Å². The van der Waals surface area contributed by atoms with Crippen molar-refractivity contribution in [2.45, 2.75) is 13.8 Å². The van der Waals surface area contributed by atoms with E-state index in [1.54, 1.807) is 0 Å². The normalized spacial score (nSPS) is 16.9. The Morgan fingerprint density at radius 3 is 2.03 bits per heavy atom. The number of ether oxygens (including phenoxy) is 2. The first kappa shape index (κ1) is 22.3. The van der Waals surface area contributed by atoms with E-state index >= 15 is 0 Å². The predicted octanol–water partition coefficient (Wildman–Crippen LogP) is 2.40. The summed E-state index contributed by atoms with van der Waals surface area (Å²) in [5.41, 5.74) is 7.49. The zero-order valence-electron chi connectivity index (χ0n) is 19.6. The topological polar surface area (TPSA) is 92.9 Å². The Hall–Kier alpha value is -3.50. The van der Waals surface area contributed by atoms with Crippen LogP contribution in [-0.2, 0) is 9.47 Å². The second-order valence-corrected chi connectivity index (χ2v) is 8.34. The Labute approximate surface area is 199 Å². The zero-order chi connectivity index (χ0) is 23.3. The number of nitrogens with zero attached hydrogens (tertiary/aromatic N) is 7. The Morgan fingerprint density at radius 2 is 1.44 bits per heavy atom. The fourth-order valence-electron chi connectivity index (χ4n) is 4.20. The first-order chi connectivity index (χ1) is 16.7. The maximum absolute atomic E-state index is 5.49. The van der Waals surface area contributed by atoms with Crippen molar-refractivity contribution in [2.24, 2.45) is 5.10 Å². The number of nitrogens with one attached hydrogen (secondary N) is 1. The van der Waals surface area contributed by atoms with Gasteiger partial charge in [0, 0.05) is 49.3 Å². The molecule has 4 heterocycles. The summed E-state index contributed by atoms with van der Waals surface area (Å²) >= 11 is 0. The third kappa shape index (κ3) is 4.87. The minimum Gasteiger partial charge on any atom is -0.378 e. The van der Waals surface area contributed by atoms with Crippen LogP contribution >= 0.6 is 0 Å². The lowest BCUT2D eigenvalue weighted by molar-refractivity contribution is 0.121. The average Bonchev–Trinajstić information content (AvgIpc) is 3.18. The van der Waals surface area contributed by atoms with E-state index in [0.29, 0.717) is 44.3 Å². The van der Waals surface area contributed by atoms with Gasteiger partial charge in [-0.3, -0.25) is 0 Å². The van der Waals surface area contributed by atoms with E-state index in [-0.39, 0.29) is 0 Å². The second-order valence-electron chi connectivity index (χ2n) is 8.34. The summed E-state index contributed by atoms with van der Waals surface area (Å²) in [6.07, 6.45) is 3.96. The summed E-state index contributed by atoms with van der Waals surface area (Å²) in [4.78, 5) is 18.3. The molecule has 0 atom stereocenters. The smallest absolute Gasteiger partial charge is 0.250 e. The fraction of sp³-hybridized carbons (Fsp3) is 0.417. The maximum atomic E-state index is 5.49. The SMILES string of the molecule is Cc1cn(-c2ccccc2)c(C)c1C=NNc1nc(N2CCOCC2)nc(N2CCOCC2)n1. The summed E-state index contributed by atoms with van der Waals surface area (Å²) in [6.45, 7) is 9.84. The third-order valence-electron chi connectivity index (χ3n) is 6.09. The van der Waals surface area contributed by atoms with E-state index in [2.05, 4.69) is 67.0 Å². The van der Waals surface area contributed by atoms with Crippen molar-refractivity contribution in [1.82, 2.24) is 19.5 Å². The summed E-state index contributed by atoms with van der Waals surface area (Å²) < 4.78 is 13.1. The molecule has 5 rings (SSSR count). The van der Waals surface area contributed by atoms with Crippen LogP contribution in [0.5, 0.6) is 0 Å². The standard InChI is InChI=1S/C24H30N8O2/c1-18-17-32(20-6-4-3-5-7-20)19(2)21(18)16-25-29-22-26-23(30-8-12-33-13-9-30)28-24(27-22)31-10-14-34-15-11-31/h3-7,16-17H,8-15H2,1-2H3,(H,26,27,28,29). The molecule has 2 aliphatic rings. The van der Waals surface area contributed by atoms with Gasteiger partial charge >= 0.3 is 0 Å². The summed E-state index contributed by atoms with van der Waals surface area (Å²) in [5, 5.41) is 4.49. The second kappa shape index (κ2) is 10.2. The third-order valence-corrected chi connectivity index (χ3v) is 6.09. The predicted molar refractivity (Wildman–Crippen MR) is 132 cm³/mol. The highest BCUT2D eigenvalue weighted by Gasteiger charge is 2.20. The van der Waals surface area contributed by atoms with Gasteiger partial charge in [0.1, 0.15) is 0 Å². The molecule has 0 bridgehead atoms. The monoisotopic (exact) mass is 462 g/mol. The van der Waals surface area contributed by atoms with Crippen LogP contribution in [0.3, 0.4) is 0 Å². The summed E-state index contributed by atoms with van der Waals surface area (Å²) in [6, 6.07) is 10.3. The molecule has 0 saturated carbocycles. The Kier molecular flexibility index (Phi) is 6.68. The number of hydrazone groups is 1. The van der Waals surface area contributed by atoms with Crippen LogP contribution in [0.4, 0.5) is 17.8 Å². The Bertz CT molecular complexity index is 1100. The molecule has 0 spiro atoms. The van der Waals surface area contributed by atoms with Gasteiger partial charge in [0.2, 0.25) is 17.8 Å². The first-order valence-electron chi connectivity index (χ1n) is 11.6. The van der Waals surface area contributed by atoms with Gasteiger partial charge in [-0.1, -0.05) is 18.2 Å². The van der Waals surface area contributed by atoms with Gasteiger partial charge in [0.25, 0.3) is 0 Å². The van der Waals surface area contributed by atoms with Gasteiger partial charge in [0.05, 0.1) is 32.6 Å². The molecule has 2 fully saturated rings. The van der Waals surface area contributed by atoms with E-state index in [1.165, 1.54) is 0 Å². The highest BCUT2D eigenvalue weighted by Crippen LogP contribution is 2.21. The van der Waals surface area contributed by atoms with Crippen molar-refractivity contribution < 1.29 is 9.47 Å². The molecule has 2 saturated heterocycles. The molecule has 0 aliphatic carbocycles. The Morgan fingerprint density at radius 1 is 0.853 bits per heavy atom. The van der Waals surface area contributed by atoms with E-state index in [0.717, 1.165) is 48.7 Å². The number of anilines is 3. The van der Waals surface area contributed by atoms with E-state index in [1.807, 2.05) is 24.4 Å². The summed E-state index contributed by atoms with van der Waals surface area (Å²) in [5.74, 6) is 1.70. The quantitative estimate of drug-likeness (QED) is 0.441. The van der Waals surface area contributed by atoms with E-state index in [9.17, 15) is 0 Å². The van der Waals surface area contributed by atoms with Crippen LogP contribution in [0.2, 0.25) is 0 Å². The number of benzene rings is 1. The van der Waals surface area contributed by atoms with Gasteiger partial charge in [-0.15, -0.1) is 0 Å². The van der Waals surface area contributed by atoms with Crippen LogP contribution in [0.1, 0.15) is 16.8 Å². The summed E-state index contributed by atoms with van der Waals surface area (Å²) in [7, 11) is 0. The first-order valence-corrected chi connectivity index (χ1v) is 11.6. The molecule has 2 aromatic heterocycles. The molecule has 10 heteroatoms. The minimum atomic E-state index is 0.423. The van der Waals surface area contributed by atoms with E-state index in [4.69, 9.17) is 14.5 Å². The van der Waals surface area contributed by atoms with Crippen molar-refractivity contribution in [2.75, 3.05) is 67.8 Å². The van der Waals surface area contributed by atoms with Gasteiger partial charge in [-0.2, -0.15) is 20.1 Å². The van der Waals surface area contributed by atoms with Crippen LogP contribution in [0, 0.1) is 13.8 Å². The van der Waals surface area contributed by atoms with Crippen LogP contribution in [0.25, 0.3) is 5.69 Å². The van der Waals surface area contributed by atoms with E-state index < -0.39 is 0 Å². The number of hydrogen-bond acceptors (Lipinski definition) is 9. The number of morpholine rings is 2. The lowest BCUT2D eigenvalue weighted by atomic mass is 10.2. The molecule has 34 heavy (non-hydrogen) atoms. The van der Waals surface area contributed by atoms with Crippen LogP contribution in [-0.4, -0.2) is 78.3 Å². The molecule has 0 unspecified atom stereocenters. The number of aromatic nitrogens is 4. The molecule has 178 valence electrons. The molecule has 1 N–H and O–H groups in total. The molecule has 1 aromatic carbocycles. The van der Waals surface area contributed by atoms with Crippen molar-refractivity contribution in [3.63, 3.8) is 0 Å². The maximum Gasteiger partial charge on any atom is 0.250 e. The highest BCUT2D eigenvalue weighted by molar-refractivity contribution is 5.84. The van der Waals surface area contributed by atoms with Gasteiger partial charge < -0.3 is 23.8 Å². The number of rotatable bonds is 6. The zero-order valence-corrected chi connectivity index (χ0v) is 19.6. The minimum absolute atomic E-state index is 0.423. The molecule has 0 amide bonds. The molecule has 0 radical (unpaired) electrons. The molecule has 3 aromatic rings. The molecule has 2 aliphatic heterocycles. The highest BCUT2D eigenvalue weighted by atomic mass is 16.5. The fourth-order valence-corrected chi connectivity index (χ4v) is 4.20. The molecular formula is C24H30N8O2. The lowest BCUT2D eigenvalue weighted by Crippen LogP contribution is -2.40. The number of para-hydroxylation sites is 1. The van der Waals surface area contributed by atoms with Crippen LogP contribution in [0.15, 0.2) is 41.6 Å². The van der Waals surface area contributed by atoms with Crippen LogP contribution < -0.4 is 15.2 Å². The van der Waals surface area contributed by atoms with Gasteiger partial charge in [-0.25, -0.2) is 5.43 Å². The lowest BCUT2D eigenvalue weighted by Gasteiger charge is -2.30. The molecule has 10 nitrogen and oxygen atoms in total. The number of aryl methyl sites for hydroxylation is 1. The largest absolute Gasteiger partial charge is 0.378 e. The van der Waals surface area contributed by atoms with Crippen molar-refractivity contribution >= 4 is 24.1 Å². The van der Waals surface area contributed by atoms with Gasteiger partial charge in [-0.05, 0) is 31.5 Å². The van der Waals surface area contributed by atoms with Gasteiger partial charge in [0.15, 0.2) is 0 Å². The van der Waals surface area contributed by atoms with Crippen molar-refractivity contribution in [3.05, 3.63) is 53.3 Å². The number of hydrogen-bond donors (Lipinski definition) is 1.